The number of ether oxygens (including phenoxy) is 1. The first-order valence-electron chi connectivity index (χ1n) is 9.23. The van der Waals surface area contributed by atoms with Gasteiger partial charge < -0.3 is 9.84 Å². The predicted molar refractivity (Wildman–Crippen MR) is 107 cm³/mol. The number of hydrogen-bond donors (Lipinski definition) is 1. The fourth-order valence-corrected chi connectivity index (χ4v) is 3.59. The number of hydrogen-bond acceptors (Lipinski definition) is 2. The van der Waals surface area contributed by atoms with Crippen LogP contribution in [0.2, 0.25) is 0 Å². The van der Waals surface area contributed by atoms with Crippen LogP contribution in [0.25, 0.3) is 0 Å². The zero-order valence-corrected chi connectivity index (χ0v) is 15.9. The van der Waals surface area contributed by atoms with E-state index >= 15 is 4.39 Å². The van der Waals surface area contributed by atoms with Crippen molar-refractivity contribution in [3.8, 4) is 11.5 Å². The molecule has 2 unspecified atom stereocenters. The van der Waals surface area contributed by atoms with E-state index < -0.39 is 17.6 Å². The number of aliphatic carboxylic acids is 1. The summed E-state index contributed by atoms with van der Waals surface area (Å²) in [5.41, 5.74) is -1.84. The van der Waals surface area contributed by atoms with Crippen LogP contribution in [0.1, 0.15) is 30.9 Å². The molecule has 0 saturated heterocycles. The fourth-order valence-electron chi connectivity index (χ4n) is 3.59. The summed E-state index contributed by atoms with van der Waals surface area (Å²) >= 11 is 0. The van der Waals surface area contributed by atoms with Crippen LogP contribution in [0.15, 0.2) is 84.9 Å². The zero-order valence-electron chi connectivity index (χ0n) is 15.9. The molecule has 4 heteroatoms. The molecule has 3 nitrogen and oxygen atoms in total. The van der Waals surface area contributed by atoms with Gasteiger partial charge in [-0.2, -0.15) is 0 Å². The van der Waals surface area contributed by atoms with Crippen molar-refractivity contribution in [1.29, 1.82) is 0 Å². The van der Waals surface area contributed by atoms with Crippen molar-refractivity contribution >= 4 is 5.97 Å². The first kappa shape index (κ1) is 19.6. The molecule has 144 valence electrons. The number of para-hydroxylation sites is 1. The molecule has 3 rings (SSSR count). The number of benzene rings is 3. The number of carboxylic acids is 1. The monoisotopic (exact) mass is 378 g/mol. The first-order chi connectivity index (χ1) is 13.4. The molecule has 0 bridgehead atoms. The van der Waals surface area contributed by atoms with Crippen molar-refractivity contribution in [3.63, 3.8) is 0 Å². The number of carboxylic acid groups (broad SMARTS) is 1. The van der Waals surface area contributed by atoms with E-state index in [4.69, 9.17) is 4.74 Å². The Bertz CT molecular complexity index is 925. The Kier molecular flexibility index (Phi) is 5.78. The Labute approximate surface area is 164 Å². The van der Waals surface area contributed by atoms with Crippen LogP contribution in [-0.4, -0.2) is 11.1 Å². The van der Waals surface area contributed by atoms with Crippen molar-refractivity contribution in [2.75, 3.05) is 0 Å². The van der Waals surface area contributed by atoms with Gasteiger partial charge in [-0.3, -0.25) is 0 Å². The average Bonchev–Trinajstić information content (AvgIpc) is 2.69. The van der Waals surface area contributed by atoms with Gasteiger partial charge in [-0.05, 0) is 35.7 Å². The summed E-state index contributed by atoms with van der Waals surface area (Å²) in [5.74, 6) is -1.43. The van der Waals surface area contributed by atoms with Crippen LogP contribution in [0.3, 0.4) is 0 Å². The summed E-state index contributed by atoms with van der Waals surface area (Å²) in [4.78, 5) is 12.1. The van der Waals surface area contributed by atoms with Gasteiger partial charge in [0.25, 0.3) is 0 Å². The number of rotatable bonds is 7. The molecule has 0 saturated carbocycles. The molecule has 3 aromatic rings. The molecule has 0 radical (unpaired) electrons. The maximum atomic E-state index is 16.2. The molecule has 1 N–H and O–H groups in total. The van der Waals surface area contributed by atoms with Crippen LogP contribution in [0.4, 0.5) is 4.39 Å². The van der Waals surface area contributed by atoms with Crippen molar-refractivity contribution in [2.45, 2.75) is 25.4 Å². The van der Waals surface area contributed by atoms with Crippen molar-refractivity contribution < 1.29 is 19.0 Å². The van der Waals surface area contributed by atoms with Crippen molar-refractivity contribution in [1.82, 2.24) is 0 Å². The van der Waals surface area contributed by atoms with Crippen LogP contribution < -0.4 is 4.74 Å². The summed E-state index contributed by atoms with van der Waals surface area (Å²) < 4.78 is 22.0. The van der Waals surface area contributed by atoms with Gasteiger partial charge in [0.05, 0.1) is 0 Å². The lowest BCUT2D eigenvalue weighted by molar-refractivity contribution is -0.154. The molecule has 28 heavy (non-hydrogen) atoms. The van der Waals surface area contributed by atoms with E-state index in [9.17, 15) is 9.90 Å². The van der Waals surface area contributed by atoms with E-state index in [-0.39, 0.29) is 11.5 Å². The Balaban J connectivity index is 2.04. The number of carbonyl (C=O) groups is 1. The molecule has 0 aliphatic heterocycles. The van der Waals surface area contributed by atoms with Gasteiger partial charge in [-0.15, -0.1) is 0 Å². The second-order valence-electron chi connectivity index (χ2n) is 7.09. The van der Waals surface area contributed by atoms with Gasteiger partial charge in [0.1, 0.15) is 11.5 Å². The fraction of sp³-hybridized carbons (Fsp3) is 0.208. The van der Waals surface area contributed by atoms with Gasteiger partial charge >= 0.3 is 5.97 Å². The highest BCUT2D eigenvalue weighted by Crippen LogP contribution is 2.46. The molecule has 0 amide bonds. The SMILES string of the molecule is CC(C)C(c1cccc(Oc2ccccc2)c1)C(F)(C(=O)O)c1ccccc1. The minimum atomic E-state index is -2.55. The summed E-state index contributed by atoms with van der Waals surface area (Å²) in [6.45, 7) is 3.66. The van der Waals surface area contributed by atoms with Gasteiger partial charge in [0, 0.05) is 11.5 Å². The lowest BCUT2D eigenvalue weighted by Gasteiger charge is -2.34. The molecular weight excluding hydrogens is 355 g/mol. The molecule has 2 atom stereocenters. The Morgan fingerprint density at radius 3 is 2.04 bits per heavy atom. The second kappa shape index (κ2) is 8.26. The van der Waals surface area contributed by atoms with Gasteiger partial charge in [0.2, 0.25) is 5.67 Å². The Hall–Kier alpha value is -3.14. The third kappa shape index (κ3) is 3.91. The van der Waals surface area contributed by atoms with Crippen LogP contribution in [0, 0.1) is 5.92 Å². The quantitative estimate of drug-likeness (QED) is 0.535. The molecule has 0 spiro atoms. The van der Waals surface area contributed by atoms with Gasteiger partial charge in [-0.1, -0.05) is 74.5 Å². The number of alkyl halides is 1. The second-order valence-corrected chi connectivity index (χ2v) is 7.09. The Morgan fingerprint density at radius 2 is 1.46 bits per heavy atom. The normalized spacial score (nSPS) is 14.3. The van der Waals surface area contributed by atoms with Crippen LogP contribution >= 0.6 is 0 Å². The summed E-state index contributed by atoms with van der Waals surface area (Å²) in [6.07, 6.45) is 0. The standard InChI is InChI=1S/C24H23FO3/c1-17(2)22(24(25,23(26)27)19-11-5-3-6-12-19)18-10-9-15-21(16-18)28-20-13-7-4-8-14-20/h3-17,22H,1-2H3,(H,26,27). The summed E-state index contributed by atoms with van der Waals surface area (Å²) in [5, 5.41) is 9.86. The molecule has 0 fully saturated rings. The Morgan fingerprint density at radius 1 is 0.893 bits per heavy atom. The predicted octanol–water partition coefficient (Wildman–Crippen LogP) is 6.17. The van der Waals surface area contributed by atoms with E-state index in [2.05, 4.69) is 0 Å². The first-order valence-corrected chi connectivity index (χ1v) is 9.23. The van der Waals surface area contributed by atoms with Crippen molar-refractivity contribution in [2.24, 2.45) is 5.92 Å². The topological polar surface area (TPSA) is 46.5 Å². The minimum absolute atomic E-state index is 0.135. The zero-order chi connectivity index (χ0) is 20.1. The maximum absolute atomic E-state index is 16.2. The average molecular weight is 378 g/mol. The third-order valence-electron chi connectivity index (χ3n) is 4.80. The highest BCUT2D eigenvalue weighted by Gasteiger charge is 2.50. The van der Waals surface area contributed by atoms with E-state index in [1.807, 2.05) is 44.2 Å². The third-order valence-corrected chi connectivity index (χ3v) is 4.80. The van der Waals surface area contributed by atoms with E-state index in [1.54, 1.807) is 42.5 Å². The lowest BCUT2D eigenvalue weighted by Crippen LogP contribution is -2.40. The summed E-state index contributed by atoms with van der Waals surface area (Å²) in [7, 11) is 0. The van der Waals surface area contributed by atoms with E-state index in [1.165, 1.54) is 12.1 Å². The van der Waals surface area contributed by atoms with E-state index in [0.717, 1.165) is 0 Å². The van der Waals surface area contributed by atoms with Gasteiger partial charge in [0.15, 0.2) is 0 Å². The largest absolute Gasteiger partial charge is 0.479 e. The summed E-state index contributed by atoms with van der Waals surface area (Å²) in [6, 6.07) is 24.4. The minimum Gasteiger partial charge on any atom is -0.479 e. The molecule has 0 heterocycles. The number of halogens is 1. The van der Waals surface area contributed by atoms with Crippen LogP contribution in [-0.2, 0) is 10.5 Å². The molecule has 0 aliphatic carbocycles. The molecule has 3 aromatic carbocycles. The van der Waals surface area contributed by atoms with Crippen molar-refractivity contribution in [3.05, 3.63) is 96.1 Å². The van der Waals surface area contributed by atoms with Crippen LogP contribution in [0.5, 0.6) is 11.5 Å². The highest BCUT2D eigenvalue weighted by molar-refractivity contribution is 5.81. The maximum Gasteiger partial charge on any atom is 0.346 e. The highest BCUT2D eigenvalue weighted by atomic mass is 19.1. The molecule has 0 aromatic heterocycles. The smallest absolute Gasteiger partial charge is 0.346 e. The molecule has 0 aliphatic rings. The van der Waals surface area contributed by atoms with Gasteiger partial charge in [-0.25, -0.2) is 9.18 Å². The lowest BCUT2D eigenvalue weighted by atomic mass is 9.73. The van der Waals surface area contributed by atoms with E-state index in [0.29, 0.717) is 17.1 Å². The molecular formula is C24H23FO3.